The first kappa shape index (κ1) is 19.8. The molecule has 1 aliphatic rings. The van der Waals surface area contributed by atoms with Crippen molar-refractivity contribution in [2.75, 3.05) is 11.9 Å². The lowest BCUT2D eigenvalue weighted by Gasteiger charge is -2.37. The van der Waals surface area contributed by atoms with Gasteiger partial charge in [0.15, 0.2) is 0 Å². The van der Waals surface area contributed by atoms with Crippen molar-refractivity contribution in [1.29, 1.82) is 0 Å². The Balaban J connectivity index is 1.38. The van der Waals surface area contributed by atoms with Gasteiger partial charge in [0, 0.05) is 41.8 Å². The second-order valence-corrected chi connectivity index (χ2v) is 7.84. The lowest BCUT2D eigenvalue weighted by molar-refractivity contribution is 0.0664. The Morgan fingerprint density at radius 1 is 0.719 bits per heavy atom. The van der Waals surface area contributed by atoms with Crippen LogP contribution in [0.2, 0.25) is 0 Å². The third-order valence-electron chi connectivity index (χ3n) is 5.84. The molecule has 5 rings (SSSR count). The minimum atomic E-state index is -0.175. The zero-order valence-electron chi connectivity index (χ0n) is 17.5. The number of hydrogen-bond donors (Lipinski definition) is 1. The van der Waals surface area contributed by atoms with E-state index in [0.717, 1.165) is 17.8 Å². The van der Waals surface area contributed by atoms with Crippen LogP contribution in [0.15, 0.2) is 103 Å². The minimum Gasteiger partial charge on any atom is -0.348 e. The van der Waals surface area contributed by atoms with Crippen molar-refractivity contribution in [3.63, 3.8) is 0 Å². The van der Waals surface area contributed by atoms with E-state index in [-0.39, 0.29) is 17.9 Å². The van der Waals surface area contributed by atoms with E-state index in [2.05, 4.69) is 34.3 Å². The van der Waals surface area contributed by atoms with Crippen LogP contribution in [-0.4, -0.2) is 27.8 Å². The number of carbonyl (C=O) groups excluding carboxylic acids is 2. The maximum Gasteiger partial charge on any atom is 0.255 e. The normalized spacial score (nSPS) is 15.1. The van der Waals surface area contributed by atoms with Crippen LogP contribution in [-0.2, 0) is 6.54 Å². The third-order valence-corrected chi connectivity index (χ3v) is 5.84. The molecular weight excluding hydrogens is 398 g/mol. The summed E-state index contributed by atoms with van der Waals surface area (Å²) in [5.41, 5.74) is 4.05. The van der Waals surface area contributed by atoms with Crippen LogP contribution in [0.1, 0.15) is 38.0 Å². The Hall–Kier alpha value is -4.12. The van der Waals surface area contributed by atoms with Crippen LogP contribution in [0.4, 0.5) is 5.69 Å². The van der Waals surface area contributed by atoms with Crippen LogP contribution in [0, 0.1) is 0 Å². The molecule has 5 nitrogen and oxygen atoms in total. The van der Waals surface area contributed by atoms with Crippen LogP contribution in [0.25, 0.3) is 0 Å². The standard InChI is InChI=1S/C27H23N3O2/c31-26(21-10-5-2-6-11-21)28-23-15-13-22(14-16-23)27(32)30-19-18-29-17-7-12-24(29)25(30)20-8-3-1-4-9-20/h1-17,25H,18-19H2,(H,28,31). The van der Waals surface area contributed by atoms with E-state index < -0.39 is 0 Å². The van der Waals surface area contributed by atoms with Gasteiger partial charge in [0.1, 0.15) is 0 Å². The van der Waals surface area contributed by atoms with Gasteiger partial charge in [0.2, 0.25) is 0 Å². The van der Waals surface area contributed by atoms with E-state index in [0.29, 0.717) is 23.4 Å². The van der Waals surface area contributed by atoms with Crippen molar-refractivity contribution in [3.05, 3.63) is 126 Å². The smallest absolute Gasteiger partial charge is 0.255 e. The molecule has 2 amide bonds. The van der Waals surface area contributed by atoms with Gasteiger partial charge in [-0.1, -0.05) is 48.5 Å². The lowest BCUT2D eigenvalue weighted by Crippen LogP contribution is -2.42. The molecule has 0 saturated carbocycles. The molecule has 5 heteroatoms. The summed E-state index contributed by atoms with van der Waals surface area (Å²) >= 11 is 0. The van der Waals surface area contributed by atoms with Crippen LogP contribution in [0.3, 0.4) is 0 Å². The van der Waals surface area contributed by atoms with Gasteiger partial charge in [-0.2, -0.15) is 0 Å². The SMILES string of the molecule is O=C(Nc1ccc(C(=O)N2CCn3cccc3C2c2ccccc2)cc1)c1ccccc1. The Morgan fingerprint density at radius 3 is 2.12 bits per heavy atom. The monoisotopic (exact) mass is 421 g/mol. The van der Waals surface area contributed by atoms with Gasteiger partial charge in [0.25, 0.3) is 11.8 Å². The van der Waals surface area contributed by atoms with Gasteiger partial charge in [-0.05, 0) is 54.1 Å². The number of aromatic nitrogens is 1. The highest BCUT2D eigenvalue weighted by Gasteiger charge is 2.32. The Kier molecular flexibility index (Phi) is 5.30. The molecule has 0 radical (unpaired) electrons. The number of anilines is 1. The van der Waals surface area contributed by atoms with Gasteiger partial charge < -0.3 is 14.8 Å². The molecule has 4 aromatic rings. The van der Waals surface area contributed by atoms with E-state index in [9.17, 15) is 9.59 Å². The number of benzene rings is 3. The topological polar surface area (TPSA) is 54.3 Å². The summed E-state index contributed by atoms with van der Waals surface area (Å²) in [5.74, 6) is -0.196. The Bertz CT molecular complexity index is 1230. The molecule has 2 heterocycles. The van der Waals surface area contributed by atoms with Gasteiger partial charge in [-0.3, -0.25) is 9.59 Å². The fraction of sp³-hybridized carbons (Fsp3) is 0.111. The highest BCUT2D eigenvalue weighted by atomic mass is 16.2. The van der Waals surface area contributed by atoms with Gasteiger partial charge in [-0.25, -0.2) is 0 Å². The molecule has 3 aromatic carbocycles. The molecule has 1 atom stereocenters. The number of fused-ring (bicyclic) bond motifs is 1. The first-order valence-electron chi connectivity index (χ1n) is 10.7. The molecule has 0 fully saturated rings. The summed E-state index contributed by atoms with van der Waals surface area (Å²) in [6, 6.07) is 30.3. The van der Waals surface area contributed by atoms with Crippen molar-refractivity contribution in [2.45, 2.75) is 12.6 Å². The molecule has 0 saturated heterocycles. The summed E-state index contributed by atoms with van der Waals surface area (Å²) in [5, 5.41) is 2.88. The van der Waals surface area contributed by atoms with Crippen molar-refractivity contribution in [3.8, 4) is 0 Å². The molecule has 1 aromatic heterocycles. The van der Waals surface area contributed by atoms with E-state index in [1.54, 1.807) is 36.4 Å². The molecular formula is C27H23N3O2. The number of nitrogens with one attached hydrogen (secondary N) is 1. The number of nitrogens with zero attached hydrogens (tertiary/aromatic N) is 2. The Morgan fingerprint density at radius 2 is 1.41 bits per heavy atom. The number of carbonyl (C=O) groups is 2. The van der Waals surface area contributed by atoms with E-state index in [1.165, 1.54) is 0 Å². The van der Waals surface area contributed by atoms with Crippen molar-refractivity contribution >= 4 is 17.5 Å². The number of amides is 2. The maximum atomic E-state index is 13.5. The van der Waals surface area contributed by atoms with Gasteiger partial charge in [0.05, 0.1) is 6.04 Å². The van der Waals surface area contributed by atoms with E-state index >= 15 is 0 Å². The van der Waals surface area contributed by atoms with Crippen molar-refractivity contribution in [1.82, 2.24) is 9.47 Å². The summed E-state index contributed by atoms with van der Waals surface area (Å²) in [4.78, 5) is 27.8. The third kappa shape index (κ3) is 3.81. The molecule has 0 aliphatic carbocycles. The summed E-state index contributed by atoms with van der Waals surface area (Å²) in [7, 11) is 0. The van der Waals surface area contributed by atoms with E-state index in [4.69, 9.17) is 0 Å². The average Bonchev–Trinajstić information content (AvgIpc) is 3.33. The van der Waals surface area contributed by atoms with Crippen molar-refractivity contribution < 1.29 is 9.59 Å². The second-order valence-electron chi connectivity index (χ2n) is 7.84. The first-order chi connectivity index (χ1) is 15.7. The van der Waals surface area contributed by atoms with Crippen LogP contribution < -0.4 is 5.32 Å². The van der Waals surface area contributed by atoms with Gasteiger partial charge in [-0.15, -0.1) is 0 Å². The van der Waals surface area contributed by atoms with E-state index in [1.807, 2.05) is 47.4 Å². The largest absolute Gasteiger partial charge is 0.348 e. The van der Waals surface area contributed by atoms with Crippen molar-refractivity contribution in [2.24, 2.45) is 0 Å². The Labute approximate surface area is 186 Å². The van der Waals surface area contributed by atoms with Gasteiger partial charge >= 0.3 is 0 Å². The number of hydrogen-bond acceptors (Lipinski definition) is 2. The quantitative estimate of drug-likeness (QED) is 0.505. The first-order valence-corrected chi connectivity index (χ1v) is 10.7. The molecule has 32 heavy (non-hydrogen) atoms. The molecule has 1 unspecified atom stereocenters. The predicted molar refractivity (Wildman–Crippen MR) is 125 cm³/mol. The summed E-state index contributed by atoms with van der Waals surface area (Å²) < 4.78 is 2.21. The second kappa shape index (κ2) is 8.55. The zero-order chi connectivity index (χ0) is 21.9. The molecule has 0 spiro atoms. The maximum absolute atomic E-state index is 13.5. The molecule has 0 bridgehead atoms. The minimum absolute atomic E-state index is 0.0211. The fourth-order valence-corrected chi connectivity index (χ4v) is 4.24. The summed E-state index contributed by atoms with van der Waals surface area (Å²) in [6.45, 7) is 1.40. The number of rotatable bonds is 4. The summed E-state index contributed by atoms with van der Waals surface area (Å²) in [6.07, 6.45) is 2.07. The highest BCUT2D eigenvalue weighted by Crippen LogP contribution is 2.33. The highest BCUT2D eigenvalue weighted by molar-refractivity contribution is 6.04. The zero-order valence-corrected chi connectivity index (χ0v) is 17.5. The van der Waals surface area contributed by atoms with Crippen LogP contribution >= 0.6 is 0 Å². The van der Waals surface area contributed by atoms with Crippen LogP contribution in [0.5, 0.6) is 0 Å². The predicted octanol–water partition coefficient (Wildman–Crippen LogP) is 4.99. The molecule has 1 N–H and O–H groups in total. The fourth-order valence-electron chi connectivity index (χ4n) is 4.24. The lowest BCUT2D eigenvalue weighted by atomic mass is 9.99. The molecule has 158 valence electrons. The average molecular weight is 422 g/mol. The molecule has 1 aliphatic heterocycles.